The van der Waals surface area contributed by atoms with Gasteiger partial charge in [0.1, 0.15) is 0 Å². The number of hydrogen-bond acceptors (Lipinski definition) is 4. The lowest BCUT2D eigenvalue weighted by Gasteiger charge is -2.34. The van der Waals surface area contributed by atoms with Crippen molar-refractivity contribution in [3.63, 3.8) is 0 Å². The van der Waals surface area contributed by atoms with Crippen LogP contribution in [0.15, 0.2) is 48.5 Å². The summed E-state index contributed by atoms with van der Waals surface area (Å²) in [6, 6.07) is 11.8. The number of amides is 1. The van der Waals surface area contributed by atoms with E-state index in [0.717, 1.165) is 25.0 Å². The summed E-state index contributed by atoms with van der Waals surface area (Å²) in [4.78, 5) is 14.9. The molecule has 2 aliphatic rings. The molecule has 0 saturated carbocycles. The molecule has 30 heavy (non-hydrogen) atoms. The molecule has 2 aromatic carbocycles. The highest BCUT2D eigenvalue weighted by molar-refractivity contribution is 6.00. The van der Waals surface area contributed by atoms with E-state index < -0.39 is 11.7 Å². The van der Waals surface area contributed by atoms with Crippen molar-refractivity contribution in [1.82, 2.24) is 4.90 Å². The number of piperidine rings is 1. The van der Waals surface area contributed by atoms with Gasteiger partial charge in [-0.05, 0) is 43.2 Å². The van der Waals surface area contributed by atoms with Crippen LogP contribution in [0.1, 0.15) is 28.8 Å². The maximum Gasteiger partial charge on any atom is 0.416 e. The summed E-state index contributed by atoms with van der Waals surface area (Å²) in [5, 5.41) is 2.97. The first-order valence-corrected chi connectivity index (χ1v) is 9.97. The fourth-order valence-corrected chi connectivity index (χ4v) is 3.90. The Morgan fingerprint density at radius 3 is 2.40 bits per heavy atom. The second-order valence-corrected chi connectivity index (χ2v) is 7.49. The fraction of sp³-hybridized carbons (Fsp3) is 0.409. The first-order valence-electron chi connectivity index (χ1n) is 9.97. The number of anilines is 2. The maximum absolute atomic E-state index is 13.1. The zero-order valence-corrected chi connectivity index (χ0v) is 16.3. The summed E-state index contributed by atoms with van der Waals surface area (Å²) >= 11 is 0. The van der Waals surface area contributed by atoms with Crippen molar-refractivity contribution in [1.29, 1.82) is 0 Å². The average molecular weight is 420 g/mol. The second-order valence-electron chi connectivity index (χ2n) is 7.49. The molecule has 0 unspecified atom stereocenters. The molecule has 2 heterocycles. The molecule has 1 amide bonds. The van der Waals surface area contributed by atoms with Crippen LogP contribution in [0, 0.1) is 5.92 Å². The molecule has 1 N–H and O–H groups in total. The lowest BCUT2D eigenvalue weighted by atomic mass is 9.95. The number of alkyl halides is 3. The third-order valence-corrected chi connectivity index (χ3v) is 5.49. The van der Waals surface area contributed by atoms with E-state index in [1.807, 2.05) is 0 Å². The molecule has 0 atom stereocenters. The molecular formula is C22H23F3N2O3. The fourth-order valence-electron chi connectivity index (χ4n) is 3.90. The lowest BCUT2D eigenvalue weighted by Crippen LogP contribution is -2.41. The van der Waals surface area contributed by atoms with E-state index in [9.17, 15) is 18.0 Å². The molecule has 2 saturated heterocycles. The molecule has 8 heteroatoms. The van der Waals surface area contributed by atoms with Gasteiger partial charge in [-0.1, -0.05) is 18.2 Å². The molecule has 4 rings (SSSR count). The Labute approximate surface area is 172 Å². The van der Waals surface area contributed by atoms with Gasteiger partial charge in [-0.2, -0.15) is 13.2 Å². The summed E-state index contributed by atoms with van der Waals surface area (Å²) in [7, 11) is 0. The van der Waals surface area contributed by atoms with E-state index in [-0.39, 0.29) is 23.8 Å². The van der Waals surface area contributed by atoms with Crippen LogP contribution < -0.4 is 5.32 Å². The minimum Gasteiger partial charge on any atom is -0.355 e. The number of rotatable bonds is 4. The molecule has 2 aliphatic heterocycles. The average Bonchev–Trinajstić information content (AvgIpc) is 3.28. The molecule has 160 valence electrons. The minimum absolute atomic E-state index is 0.142. The van der Waals surface area contributed by atoms with Crippen LogP contribution in [0.4, 0.5) is 24.5 Å². The monoisotopic (exact) mass is 420 g/mol. The lowest BCUT2D eigenvalue weighted by molar-refractivity contribution is -0.137. The highest BCUT2D eigenvalue weighted by atomic mass is 19.4. The largest absolute Gasteiger partial charge is 0.416 e. The van der Waals surface area contributed by atoms with Gasteiger partial charge in [0.05, 0.1) is 30.0 Å². The molecule has 2 aromatic rings. The number of nitrogens with zero attached hydrogens (tertiary/aromatic N) is 1. The van der Waals surface area contributed by atoms with E-state index >= 15 is 0 Å². The molecule has 5 nitrogen and oxygen atoms in total. The Hall–Kier alpha value is -2.58. The summed E-state index contributed by atoms with van der Waals surface area (Å²) in [5.41, 5.74) is 0.446. The van der Waals surface area contributed by atoms with Crippen LogP contribution in [0.2, 0.25) is 0 Å². The zero-order chi connectivity index (χ0) is 21.1. The van der Waals surface area contributed by atoms with Crippen molar-refractivity contribution in [2.24, 2.45) is 5.92 Å². The van der Waals surface area contributed by atoms with Crippen molar-refractivity contribution in [3.05, 3.63) is 59.7 Å². The number of likely N-dealkylation sites (tertiary alicyclic amines) is 1. The smallest absolute Gasteiger partial charge is 0.355 e. The van der Waals surface area contributed by atoms with Gasteiger partial charge in [0, 0.05) is 24.7 Å². The van der Waals surface area contributed by atoms with Crippen molar-refractivity contribution < 1.29 is 27.4 Å². The van der Waals surface area contributed by atoms with Crippen molar-refractivity contribution in [2.45, 2.75) is 25.3 Å². The van der Waals surface area contributed by atoms with Crippen LogP contribution in [0.25, 0.3) is 0 Å². The predicted molar refractivity (Wildman–Crippen MR) is 105 cm³/mol. The molecular weight excluding hydrogens is 397 g/mol. The van der Waals surface area contributed by atoms with E-state index in [0.29, 0.717) is 37.6 Å². The molecule has 0 aromatic heterocycles. The van der Waals surface area contributed by atoms with Crippen LogP contribution in [0.5, 0.6) is 0 Å². The molecule has 0 spiro atoms. The van der Waals surface area contributed by atoms with E-state index in [1.54, 1.807) is 35.2 Å². The van der Waals surface area contributed by atoms with Gasteiger partial charge in [-0.3, -0.25) is 4.79 Å². The van der Waals surface area contributed by atoms with E-state index in [1.165, 1.54) is 6.07 Å². The number of carbonyl (C=O) groups is 1. The van der Waals surface area contributed by atoms with Crippen LogP contribution in [-0.2, 0) is 15.7 Å². The van der Waals surface area contributed by atoms with Gasteiger partial charge in [-0.25, -0.2) is 0 Å². The number of benzene rings is 2. The van der Waals surface area contributed by atoms with Gasteiger partial charge in [0.25, 0.3) is 5.91 Å². The highest BCUT2D eigenvalue weighted by Gasteiger charge is 2.33. The van der Waals surface area contributed by atoms with Crippen LogP contribution in [0.3, 0.4) is 0 Å². The SMILES string of the molecule is O=C(c1ccccc1Nc1cccc(C(F)(F)F)c1)N1CCC(C2OCCO2)CC1. The van der Waals surface area contributed by atoms with Gasteiger partial charge < -0.3 is 19.7 Å². The number of nitrogens with one attached hydrogen (secondary N) is 1. The first kappa shape index (κ1) is 20.7. The quantitative estimate of drug-likeness (QED) is 0.781. The summed E-state index contributed by atoms with van der Waals surface area (Å²) in [5.74, 6) is 0.131. The third kappa shape index (κ3) is 4.60. The van der Waals surface area contributed by atoms with Crippen molar-refractivity contribution in [2.75, 3.05) is 31.6 Å². The Kier molecular flexibility index (Phi) is 5.97. The van der Waals surface area contributed by atoms with E-state index in [2.05, 4.69) is 5.32 Å². The van der Waals surface area contributed by atoms with Gasteiger partial charge in [0.2, 0.25) is 0 Å². The standard InChI is InChI=1S/C22H23F3N2O3/c23-22(24,25)16-4-3-5-17(14-16)26-19-7-2-1-6-18(19)20(28)27-10-8-15(9-11-27)21-29-12-13-30-21/h1-7,14-15,21,26H,8-13H2. The predicted octanol–water partition coefficient (Wildman–Crippen LogP) is 4.67. The molecule has 0 aliphatic carbocycles. The van der Waals surface area contributed by atoms with Crippen molar-refractivity contribution >= 4 is 17.3 Å². The summed E-state index contributed by atoms with van der Waals surface area (Å²) in [6.45, 7) is 2.39. The van der Waals surface area contributed by atoms with Crippen molar-refractivity contribution in [3.8, 4) is 0 Å². The van der Waals surface area contributed by atoms with E-state index in [4.69, 9.17) is 9.47 Å². The van der Waals surface area contributed by atoms with Gasteiger partial charge in [0.15, 0.2) is 6.29 Å². The number of hydrogen-bond donors (Lipinski definition) is 1. The Bertz CT molecular complexity index is 889. The number of ether oxygens (including phenoxy) is 2. The molecule has 2 fully saturated rings. The van der Waals surface area contributed by atoms with Gasteiger partial charge in [-0.15, -0.1) is 0 Å². The second kappa shape index (κ2) is 8.65. The third-order valence-electron chi connectivity index (χ3n) is 5.49. The Morgan fingerprint density at radius 2 is 1.70 bits per heavy atom. The highest BCUT2D eigenvalue weighted by Crippen LogP contribution is 2.32. The normalized spacial score (nSPS) is 18.6. The molecule has 0 bridgehead atoms. The number of para-hydroxylation sites is 1. The number of carbonyl (C=O) groups excluding carboxylic acids is 1. The van der Waals surface area contributed by atoms with Crippen LogP contribution in [-0.4, -0.2) is 43.4 Å². The Morgan fingerprint density at radius 1 is 1.00 bits per heavy atom. The van der Waals surface area contributed by atoms with Crippen LogP contribution >= 0.6 is 0 Å². The minimum atomic E-state index is -4.43. The Balaban J connectivity index is 1.46. The zero-order valence-electron chi connectivity index (χ0n) is 16.3. The topological polar surface area (TPSA) is 50.8 Å². The summed E-state index contributed by atoms with van der Waals surface area (Å²) in [6.07, 6.45) is -3.03. The van der Waals surface area contributed by atoms with Gasteiger partial charge >= 0.3 is 6.18 Å². The number of halogens is 3. The summed E-state index contributed by atoms with van der Waals surface area (Å²) < 4.78 is 50.1. The maximum atomic E-state index is 13.1. The first-order chi connectivity index (χ1) is 14.4. The molecule has 0 radical (unpaired) electrons.